The summed E-state index contributed by atoms with van der Waals surface area (Å²) in [7, 11) is 0. The van der Waals surface area contributed by atoms with E-state index in [-0.39, 0.29) is 10.8 Å². The molecular formula is C58H48N2O2. The average molecular weight is 805 g/mol. The molecule has 62 heavy (non-hydrogen) atoms. The third kappa shape index (κ3) is 5.25. The van der Waals surface area contributed by atoms with Gasteiger partial charge in [0.2, 0.25) is 0 Å². The Bertz CT molecular complexity index is 3100. The Hall–Kier alpha value is -7.04. The number of rotatable bonds is 7. The predicted molar refractivity (Wildman–Crippen MR) is 255 cm³/mol. The lowest BCUT2D eigenvalue weighted by Gasteiger charge is -2.48. The van der Waals surface area contributed by atoms with Crippen LogP contribution in [0.5, 0.6) is 23.0 Å². The lowest BCUT2D eigenvalue weighted by Crippen LogP contribution is -2.36. The second-order valence-electron chi connectivity index (χ2n) is 18.0. The number of ether oxygens (including phenoxy) is 2. The molecule has 0 unspecified atom stereocenters. The van der Waals surface area contributed by atoms with Crippen molar-refractivity contribution in [3.05, 3.63) is 192 Å². The van der Waals surface area contributed by atoms with Gasteiger partial charge in [-0.15, -0.1) is 0 Å². The second-order valence-corrected chi connectivity index (χ2v) is 18.0. The Morgan fingerprint density at radius 1 is 0.371 bits per heavy atom. The molecule has 12 rings (SSSR count). The SMILES string of the molecule is CCCC1(CCC)c2ccc(-c3cc(-c4ccccc4)cc(-c4ccc5c(c4)C(C)(C)c4cccc6c4N5c4ccccc4O6)c3)cc2N2c3ccccc3Oc3cccc1c32. The van der Waals surface area contributed by atoms with Gasteiger partial charge in [0.05, 0.1) is 34.1 Å². The lowest BCUT2D eigenvalue weighted by atomic mass is 9.65. The first-order valence-corrected chi connectivity index (χ1v) is 22.3. The van der Waals surface area contributed by atoms with Crippen molar-refractivity contribution in [3.8, 4) is 56.4 Å². The van der Waals surface area contributed by atoms with Crippen LogP contribution < -0.4 is 19.3 Å². The van der Waals surface area contributed by atoms with Crippen LogP contribution >= 0.6 is 0 Å². The highest BCUT2D eigenvalue weighted by atomic mass is 16.5. The summed E-state index contributed by atoms with van der Waals surface area (Å²) in [5.74, 6) is 3.59. The molecule has 0 fully saturated rings. The number of nitrogens with zero attached hydrogens (tertiary/aromatic N) is 2. The molecule has 0 amide bonds. The average Bonchev–Trinajstić information content (AvgIpc) is 3.31. The highest BCUT2D eigenvalue weighted by Crippen LogP contribution is 2.63. The topological polar surface area (TPSA) is 24.9 Å². The van der Waals surface area contributed by atoms with E-state index in [1.54, 1.807) is 0 Å². The first kappa shape index (κ1) is 36.8. The van der Waals surface area contributed by atoms with Crippen molar-refractivity contribution in [1.29, 1.82) is 0 Å². The third-order valence-electron chi connectivity index (χ3n) is 14.0. The second kappa shape index (κ2) is 13.7. The molecule has 0 aliphatic carbocycles. The molecule has 4 heteroatoms. The molecule has 4 aliphatic rings. The van der Waals surface area contributed by atoms with Crippen LogP contribution in [0, 0.1) is 0 Å². The van der Waals surface area contributed by atoms with Gasteiger partial charge in [-0.2, -0.15) is 0 Å². The molecule has 4 aliphatic heterocycles. The molecule has 8 aromatic carbocycles. The Kier molecular flexibility index (Phi) is 8.15. The number of benzene rings is 8. The fourth-order valence-corrected chi connectivity index (χ4v) is 11.3. The van der Waals surface area contributed by atoms with Crippen molar-refractivity contribution < 1.29 is 9.47 Å². The molecule has 0 radical (unpaired) electrons. The van der Waals surface area contributed by atoms with E-state index in [0.717, 1.165) is 65.7 Å². The van der Waals surface area contributed by atoms with E-state index in [1.165, 1.54) is 72.7 Å². The maximum absolute atomic E-state index is 6.70. The largest absolute Gasteiger partial charge is 0.453 e. The molecule has 4 nitrogen and oxygen atoms in total. The summed E-state index contributed by atoms with van der Waals surface area (Å²) in [4.78, 5) is 4.91. The predicted octanol–water partition coefficient (Wildman–Crippen LogP) is 16.7. The molecule has 0 spiro atoms. The standard InChI is InChI=1S/C58H48N2O2/c1-5-30-58(31-6-2)43-28-26-39(36-50(43)60-49-21-11-13-23-52(49)62-54-25-15-19-45(58)56(54)60)42-33-40(37-16-8-7-9-17-37)32-41(34-42)38-27-29-47-46(35-38)57(3,4)44-18-14-24-53-55(44)59(47)48-20-10-12-22-51(48)61-53/h7-29,32-36H,5-6,30-31H2,1-4H3. The van der Waals surface area contributed by atoms with E-state index in [2.05, 4.69) is 201 Å². The van der Waals surface area contributed by atoms with Gasteiger partial charge >= 0.3 is 0 Å². The van der Waals surface area contributed by atoms with E-state index >= 15 is 0 Å². The van der Waals surface area contributed by atoms with Crippen molar-refractivity contribution in [2.45, 2.75) is 64.2 Å². The fourth-order valence-electron chi connectivity index (χ4n) is 11.3. The Morgan fingerprint density at radius 3 is 1.53 bits per heavy atom. The maximum atomic E-state index is 6.70. The molecule has 302 valence electrons. The normalized spacial score (nSPS) is 15.2. The number of hydrogen-bond donors (Lipinski definition) is 0. The zero-order valence-corrected chi connectivity index (χ0v) is 35.7. The van der Waals surface area contributed by atoms with Crippen LogP contribution in [0.2, 0.25) is 0 Å². The first-order valence-electron chi connectivity index (χ1n) is 22.3. The zero-order valence-electron chi connectivity index (χ0n) is 35.7. The number of para-hydroxylation sites is 6. The van der Waals surface area contributed by atoms with Gasteiger partial charge in [0.1, 0.15) is 0 Å². The minimum absolute atomic E-state index is 0.123. The van der Waals surface area contributed by atoms with Crippen LogP contribution in [-0.4, -0.2) is 0 Å². The molecule has 0 N–H and O–H groups in total. The number of fused-ring (bicyclic) bond motifs is 8. The Morgan fingerprint density at radius 2 is 0.887 bits per heavy atom. The van der Waals surface area contributed by atoms with Gasteiger partial charge in [-0.1, -0.05) is 138 Å². The van der Waals surface area contributed by atoms with E-state index in [9.17, 15) is 0 Å². The summed E-state index contributed by atoms with van der Waals surface area (Å²) in [5, 5.41) is 0. The molecule has 0 bridgehead atoms. The summed E-state index contributed by atoms with van der Waals surface area (Å²) < 4.78 is 13.2. The van der Waals surface area contributed by atoms with Gasteiger partial charge < -0.3 is 19.3 Å². The highest BCUT2D eigenvalue weighted by Gasteiger charge is 2.46. The molecule has 0 saturated heterocycles. The molecular weight excluding hydrogens is 757 g/mol. The van der Waals surface area contributed by atoms with Crippen molar-refractivity contribution in [2.24, 2.45) is 0 Å². The molecule has 0 atom stereocenters. The van der Waals surface area contributed by atoms with E-state index < -0.39 is 0 Å². The van der Waals surface area contributed by atoms with Gasteiger partial charge in [-0.3, -0.25) is 0 Å². The van der Waals surface area contributed by atoms with Crippen LogP contribution in [0.1, 0.15) is 75.6 Å². The van der Waals surface area contributed by atoms with Crippen molar-refractivity contribution in [3.63, 3.8) is 0 Å². The third-order valence-corrected chi connectivity index (χ3v) is 14.0. The van der Waals surface area contributed by atoms with Crippen LogP contribution in [0.25, 0.3) is 33.4 Å². The van der Waals surface area contributed by atoms with E-state index in [1.807, 2.05) is 6.07 Å². The molecule has 0 aromatic heterocycles. The minimum atomic E-state index is -0.270. The van der Waals surface area contributed by atoms with Gasteiger partial charge in [-0.05, 0) is 141 Å². The zero-order chi connectivity index (χ0) is 41.7. The van der Waals surface area contributed by atoms with Crippen molar-refractivity contribution in [2.75, 3.05) is 9.80 Å². The Balaban J connectivity index is 1.06. The Labute approximate surface area is 364 Å². The monoisotopic (exact) mass is 804 g/mol. The van der Waals surface area contributed by atoms with Gasteiger partial charge in [0.25, 0.3) is 0 Å². The summed E-state index contributed by atoms with van der Waals surface area (Å²) in [6.07, 6.45) is 4.33. The van der Waals surface area contributed by atoms with E-state index in [4.69, 9.17) is 9.47 Å². The lowest BCUT2D eigenvalue weighted by molar-refractivity contribution is 0.414. The number of hydrogen-bond acceptors (Lipinski definition) is 4. The van der Waals surface area contributed by atoms with Crippen molar-refractivity contribution in [1.82, 2.24) is 0 Å². The van der Waals surface area contributed by atoms with Gasteiger partial charge in [0, 0.05) is 10.8 Å². The molecule has 4 heterocycles. The van der Waals surface area contributed by atoms with Crippen molar-refractivity contribution >= 4 is 34.1 Å². The molecule has 0 saturated carbocycles. The summed E-state index contributed by atoms with van der Waals surface area (Å²) in [6.45, 7) is 9.36. The number of anilines is 6. The quantitative estimate of drug-likeness (QED) is 0.160. The highest BCUT2D eigenvalue weighted by molar-refractivity contribution is 5.96. The summed E-state index contributed by atoms with van der Waals surface area (Å²) in [6, 6.07) is 62.4. The van der Waals surface area contributed by atoms with Crippen LogP contribution in [0.3, 0.4) is 0 Å². The van der Waals surface area contributed by atoms with Gasteiger partial charge in [-0.25, -0.2) is 0 Å². The van der Waals surface area contributed by atoms with Crippen LogP contribution in [0.4, 0.5) is 34.1 Å². The molecule has 8 aromatic rings. The minimum Gasteiger partial charge on any atom is -0.453 e. The maximum Gasteiger partial charge on any atom is 0.151 e. The summed E-state index contributed by atoms with van der Waals surface area (Å²) >= 11 is 0. The smallest absolute Gasteiger partial charge is 0.151 e. The first-order chi connectivity index (χ1) is 30.4. The van der Waals surface area contributed by atoms with Crippen LogP contribution in [-0.2, 0) is 10.8 Å². The fraction of sp³-hybridized carbons (Fsp3) is 0.172. The van der Waals surface area contributed by atoms with E-state index in [0.29, 0.717) is 0 Å². The van der Waals surface area contributed by atoms with Crippen LogP contribution in [0.15, 0.2) is 170 Å². The van der Waals surface area contributed by atoms with Gasteiger partial charge in [0.15, 0.2) is 23.0 Å². The summed E-state index contributed by atoms with van der Waals surface area (Å²) in [5.41, 5.74) is 19.0.